The summed E-state index contributed by atoms with van der Waals surface area (Å²) < 4.78 is 39.9. The van der Waals surface area contributed by atoms with Crippen molar-refractivity contribution in [2.45, 2.75) is 12.8 Å². The standard InChI is InChI=1S/C14H11F3/c1-9(11-4-2-3-5-13(11)16)12-7-6-10(15)8-14(12)17/h2-9H,1H3. The van der Waals surface area contributed by atoms with E-state index in [4.69, 9.17) is 0 Å². The molecule has 0 amide bonds. The maximum atomic E-state index is 13.6. The van der Waals surface area contributed by atoms with Gasteiger partial charge in [-0.1, -0.05) is 31.2 Å². The second-order valence-corrected chi connectivity index (χ2v) is 3.91. The predicted molar refractivity (Wildman–Crippen MR) is 60.3 cm³/mol. The number of benzene rings is 2. The lowest BCUT2D eigenvalue weighted by Gasteiger charge is -2.14. The fourth-order valence-corrected chi connectivity index (χ4v) is 1.85. The van der Waals surface area contributed by atoms with Gasteiger partial charge in [-0.15, -0.1) is 0 Å². The molecule has 0 heterocycles. The average molecular weight is 236 g/mol. The molecule has 1 atom stereocenters. The Kier molecular flexibility index (Phi) is 3.18. The molecule has 0 nitrogen and oxygen atoms in total. The molecule has 0 aromatic heterocycles. The smallest absolute Gasteiger partial charge is 0.129 e. The first-order chi connectivity index (χ1) is 8.09. The highest BCUT2D eigenvalue weighted by Crippen LogP contribution is 2.28. The zero-order valence-electron chi connectivity index (χ0n) is 9.25. The Morgan fingerprint density at radius 1 is 0.824 bits per heavy atom. The lowest BCUT2D eigenvalue weighted by Crippen LogP contribution is -2.02. The van der Waals surface area contributed by atoms with Crippen LogP contribution in [0.25, 0.3) is 0 Å². The fraction of sp³-hybridized carbons (Fsp3) is 0.143. The van der Waals surface area contributed by atoms with Gasteiger partial charge in [0.1, 0.15) is 17.5 Å². The molecule has 0 aliphatic heterocycles. The molecule has 0 fully saturated rings. The predicted octanol–water partition coefficient (Wildman–Crippen LogP) is 4.26. The van der Waals surface area contributed by atoms with Gasteiger partial charge >= 0.3 is 0 Å². The summed E-state index contributed by atoms with van der Waals surface area (Å²) in [7, 11) is 0. The summed E-state index contributed by atoms with van der Waals surface area (Å²) in [6.07, 6.45) is 0. The largest absolute Gasteiger partial charge is 0.207 e. The third-order valence-corrected chi connectivity index (χ3v) is 2.80. The highest BCUT2D eigenvalue weighted by Gasteiger charge is 2.16. The normalized spacial score (nSPS) is 12.5. The highest BCUT2D eigenvalue weighted by atomic mass is 19.1. The third kappa shape index (κ3) is 2.33. The van der Waals surface area contributed by atoms with E-state index in [1.54, 1.807) is 25.1 Å². The number of halogens is 3. The van der Waals surface area contributed by atoms with Crippen molar-refractivity contribution in [2.24, 2.45) is 0 Å². The monoisotopic (exact) mass is 236 g/mol. The molecule has 2 rings (SSSR count). The van der Waals surface area contributed by atoms with E-state index in [-0.39, 0.29) is 11.4 Å². The lowest BCUT2D eigenvalue weighted by molar-refractivity contribution is 0.560. The quantitative estimate of drug-likeness (QED) is 0.731. The topological polar surface area (TPSA) is 0 Å². The fourth-order valence-electron chi connectivity index (χ4n) is 1.85. The molecule has 88 valence electrons. The maximum absolute atomic E-state index is 13.6. The Labute approximate surface area is 97.7 Å². The van der Waals surface area contributed by atoms with Crippen LogP contribution in [0.4, 0.5) is 13.2 Å². The third-order valence-electron chi connectivity index (χ3n) is 2.80. The van der Waals surface area contributed by atoms with Crippen molar-refractivity contribution in [3.05, 3.63) is 71.0 Å². The van der Waals surface area contributed by atoms with E-state index in [9.17, 15) is 13.2 Å². The van der Waals surface area contributed by atoms with Gasteiger partial charge in [0.15, 0.2) is 0 Å². The van der Waals surface area contributed by atoms with Gasteiger partial charge in [-0.25, -0.2) is 13.2 Å². The van der Waals surface area contributed by atoms with Gasteiger partial charge in [0.25, 0.3) is 0 Å². The molecule has 2 aromatic rings. The zero-order chi connectivity index (χ0) is 12.4. The van der Waals surface area contributed by atoms with Crippen LogP contribution in [0.15, 0.2) is 42.5 Å². The molecule has 0 saturated carbocycles. The lowest BCUT2D eigenvalue weighted by atomic mass is 9.92. The highest BCUT2D eigenvalue weighted by molar-refractivity contribution is 5.33. The minimum Gasteiger partial charge on any atom is -0.207 e. The molecule has 0 saturated heterocycles. The van der Waals surface area contributed by atoms with Crippen LogP contribution in [0.1, 0.15) is 24.0 Å². The SMILES string of the molecule is CC(c1ccccc1F)c1ccc(F)cc1F. The van der Waals surface area contributed by atoms with Crippen molar-refractivity contribution in [3.8, 4) is 0 Å². The van der Waals surface area contributed by atoms with Crippen molar-refractivity contribution >= 4 is 0 Å². The van der Waals surface area contributed by atoms with Crippen LogP contribution in [-0.4, -0.2) is 0 Å². The molecule has 0 radical (unpaired) electrons. The van der Waals surface area contributed by atoms with E-state index in [2.05, 4.69) is 0 Å². The molecule has 0 spiro atoms. The molecular formula is C14H11F3. The van der Waals surface area contributed by atoms with Crippen LogP contribution in [0.5, 0.6) is 0 Å². The molecule has 3 heteroatoms. The van der Waals surface area contributed by atoms with E-state index < -0.39 is 17.6 Å². The van der Waals surface area contributed by atoms with Gasteiger partial charge in [0.05, 0.1) is 0 Å². The van der Waals surface area contributed by atoms with Crippen molar-refractivity contribution < 1.29 is 13.2 Å². The first-order valence-electron chi connectivity index (χ1n) is 5.29. The average Bonchev–Trinajstić information content (AvgIpc) is 2.29. The first kappa shape index (κ1) is 11.7. The minimum absolute atomic E-state index is 0.288. The molecule has 0 N–H and O–H groups in total. The summed E-state index contributed by atoms with van der Waals surface area (Å²) in [4.78, 5) is 0. The van der Waals surface area contributed by atoms with Crippen molar-refractivity contribution in [1.82, 2.24) is 0 Å². The summed E-state index contributed by atoms with van der Waals surface area (Å²) in [5.41, 5.74) is 0.689. The summed E-state index contributed by atoms with van der Waals surface area (Å²) >= 11 is 0. The van der Waals surface area contributed by atoms with Gasteiger partial charge in [0, 0.05) is 12.0 Å². The van der Waals surface area contributed by atoms with E-state index in [0.717, 1.165) is 6.07 Å². The van der Waals surface area contributed by atoms with E-state index in [1.165, 1.54) is 18.2 Å². The van der Waals surface area contributed by atoms with Gasteiger partial charge in [-0.05, 0) is 23.3 Å². The van der Waals surface area contributed by atoms with Gasteiger partial charge in [0.2, 0.25) is 0 Å². The number of hydrogen-bond acceptors (Lipinski definition) is 0. The van der Waals surface area contributed by atoms with Crippen molar-refractivity contribution in [3.63, 3.8) is 0 Å². The summed E-state index contributed by atoms with van der Waals surface area (Å²) in [6, 6.07) is 9.53. The molecule has 2 aromatic carbocycles. The Morgan fingerprint density at radius 3 is 2.12 bits per heavy atom. The molecule has 0 aliphatic rings. The minimum atomic E-state index is -0.652. The molecule has 1 unspecified atom stereocenters. The molecular weight excluding hydrogens is 225 g/mol. The van der Waals surface area contributed by atoms with Crippen LogP contribution in [0.3, 0.4) is 0 Å². The first-order valence-corrected chi connectivity index (χ1v) is 5.29. The number of rotatable bonds is 2. The Balaban J connectivity index is 2.44. The molecule has 0 bridgehead atoms. The summed E-state index contributed by atoms with van der Waals surface area (Å²) in [6.45, 7) is 1.69. The second kappa shape index (κ2) is 4.62. The van der Waals surface area contributed by atoms with Crippen molar-refractivity contribution in [1.29, 1.82) is 0 Å². The zero-order valence-corrected chi connectivity index (χ0v) is 9.25. The van der Waals surface area contributed by atoms with E-state index in [1.807, 2.05) is 0 Å². The van der Waals surface area contributed by atoms with Crippen LogP contribution in [0.2, 0.25) is 0 Å². The van der Waals surface area contributed by atoms with Crippen LogP contribution in [-0.2, 0) is 0 Å². The van der Waals surface area contributed by atoms with Crippen LogP contribution in [0, 0.1) is 17.5 Å². The Morgan fingerprint density at radius 2 is 1.47 bits per heavy atom. The van der Waals surface area contributed by atoms with E-state index >= 15 is 0 Å². The molecule has 17 heavy (non-hydrogen) atoms. The Bertz CT molecular complexity index is 535. The summed E-state index contributed by atoms with van der Waals surface area (Å²) in [5.74, 6) is -2.12. The second-order valence-electron chi connectivity index (χ2n) is 3.91. The summed E-state index contributed by atoms with van der Waals surface area (Å²) in [5, 5.41) is 0. The van der Waals surface area contributed by atoms with Gasteiger partial charge in [-0.2, -0.15) is 0 Å². The Hall–Kier alpha value is -1.77. The maximum Gasteiger partial charge on any atom is 0.129 e. The van der Waals surface area contributed by atoms with Crippen LogP contribution >= 0.6 is 0 Å². The van der Waals surface area contributed by atoms with Crippen LogP contribution < -0.4 is 0 Å². The number of hydrogen-bond donors (Lipinski definition) is 0. The molecule has 0 aliphatic carbocycles. The van der Waals surface area contributed by atoms with Gasteiger partial charge < -0.3 is 0 Å². The van der Waals surface area contributed by atoms with Gasteiger partial charge in [-0.3, -0.25) is 0 Å². The van der Waals surface area contributed by atoms with E-state index in [0.29, 0.717) is 5.56 Å². The van der Waals surface area contributed by atoms with Crippen molar-refractivity contribution in [2.75, 3.05) is 0 Å².